The van der Waals surface area contributed by atoms with E-state index in [0.717, 1.165) is 38.3 Å². The third-order valence-electron chi connectivity index (χ3n) is 8.19. The maximum atomic E-state index is 12.1. The first-order valence-electron chi connectivity index (χ1n) is 15.4. The van der Waals surface area contributed by atoms with Gasteiger partial charge in [0.25, 0.3) is 0 Å². The van der Waals surface area contributed by atoms with Gasteiger partial charge in [-0.1, -0.05) is 79.7 Å². The Balaban J connectivity index is 1.34. The number of carbonyl (C=O) groups excluding carboxylic acids is 1. The topological polar surface area (TPSA) is 142 Å². The predicted octanol–water partition coefficient (Wildman–Crippen LogP) is 6.61. The maximum Gasteiger partial charge on any atom is 0.335 e. The fourth-order valence-electron chi connectivity index (χ4n) is 5.46. The Morgan fingerprint density at radius 2 is 1.49 bits per heavy atom. The highest BCUT2D eigenvalue weighted by Gasteiger charge is 2.38. The molecule has 4 aromatic carbocycles. The zero-order chi connectivity index (χ0) is 33.3. The van der Waals surface area contributed by atoms with Crippen LogP contribution in [0.15, 0.2) is 102 Å². The second-order valence-corrected chi connectivity index (χ2v) is 12.5. The Morgan fingerprint density at radius 1 is 0.809 bits per heavy atom. The molecule has 0 saturated carbocycles. The van der Waals surface area contributed by atoms with Gasteiger partial charge in [0.2, 0.25) is 5.91 Å². The summed E-state index contributed by atoms with van der Waals surface area (Å²) in [4.78, 5) is 35.1. The van der Waals surface area contributed by atoms with Crippen LogP contribution < -0.4 is 5.32 Å². The summed E-state index contributed by atoms with van der Waals surface area (Å²) in [5.74, 6) is -1.67. The van der Waals surface area contributed by atoms with Crippen LogP contribution >= 0.6 is 11.8 Å². The minimum atomic E-state index is -1.01. The molecule has 0 bridgehead atoms. The Bertz CT molecular complexity index is 1670. The van der Waals surface area contributed by atoms with Crippen LogP contribution in [0.5, 0.6) is 0 Å². The fraction of sp³-hybridized carbons (Fsp3) is 0.270. The number of nitrogens with one attached hydrogen (secondary N) is 1. The van der Waals surface area contributed by atoms with Crippen molar-refractivity contribution in [3.8, 4) is 11.1 Å². The maximum absolute atomic E-state index is 12.1. The van der Waals surface area contributed by atoms with Gasteiger partial charge < -0.3 is 30.1 Å². The van der Waals surface area contributed by atoms with Gasteiger partial charge in [0, 0.05) is 35.1 Å². The quantitative estimate of drug-likeness (QED) is 0.117. The van der Waals surface area contributed by atoms with Crippen LogP contribution in [-0.4, -0.2) is 45.0 Å². The molecule has 47 heavy (non-hydrogen) atoms. The van der Waals surface area contributed by atoms with Crippen LogP contribution in [0.25, 0.3) is 11.1 Å². The van der Waals surface area contributed by atoms with Crippen molar-refractivity contribution in [2.45, 2.75) is 56.3 Å². The van der Waals surface area contributed by atoms with Crippen molar-refractivity contribution in [1.29, 1.82) is 0 Å². The highest BCUT2D eigenvalue weighted by Crippen LogP contribution is 2.43. The summed E-state index contributed by atoms with van der Waals surface area (Å²) >= 11 is 1.60. The summed E-state index contributed by atoms with van der Waals surface area (Å²) in [6.07, 6.45) is -1.40. The summed E-state index contributed by atoms with van der Waals surface area (Å²) in [5.41, 5.74) is 5.68. The molecule has 4 unspecified atom stereocenters. The minimum absolute atomic E-state index is 0.00567. The monoisotopic (exact) mass is 655 g/mol. The molecule has 1 amide bonds. The van der Waals surface area contributed by atoms with E-state index in [1.165, 1.54) is 0 Å². The van der Waals surface area contributed by atoms with Crippen molar-refractivity contribution < 1.29 is 39.2 Å². The van der Waals surface area contributed by atoms with Crippen LogP contribution in [0, 0.1) is 5.92 Å². The summed E-state index contributed by atoms with van der Waals surface area (Å²) in [6.45, 7) is 2.33. The van der Waals surface area contributed by atoms with Crippen molar-refractivity contribution in [1.82, 2.24) is 5.32 Å². The third-order valence-corrected chi connectivity index (χ3v) is 9.29. The average Bonchev–Trinajstić information content (AvgIpc) is 3.10. The molecule has 4 atom stereocenters. The molecule has 5 rings (SSSR count). The zero-order valence-corrected chi connectivity index (χ0v) is 26.7. The number of hydrogen-bond acceptors (Lipinski definition) is 7. The van der Waals surface area contributed by atoms with Gasteiger partial charge in [0.1, 0.15) is 0 Å². The predicted molar refractivity (Wildman–Crippen MR) is 178 cm³/mol. The Kier molecular flexibility index (Phi) is 11.4. The van der Waals surface area contributed by atoms with Crippen LogP contribution in [-0.2, 0) is 32.2 Å². The first kappa shape index (κ1) is 33.9. The van der Waals surface area contributed by atoms with Gasteiger partial charge in [-0.25, -0.2) is 4.79 Å². The molecule has 0 radical (unpaired) electrons. The average molecular weight is 656 g/mol. The zero-order valence-electron chi connectivity index (χ0n) is 25.9. The number of aromatic carboxylic acids is 1. The number of benzene rings is 4. The van der Waals surface area contributed by atoms with E-state index in [1.54, 1.807) is 36.0 Å². The van der Waals surface area contributed by atoms with Gasteiger partial charge in [-0.15, -0.1) is 11.8 Å². The molecule has 0 aliphatic carbocycles. The molecular formula is C37H37NO8S. The SMILES string of the molecule is CC1C(CSc2ccc(C(=O)O)cc2)OC(c2ccc(-c3ccccc3CNC(=O)CCC(=O)O)cc2)OC1c1ccc(CO)cc1. The number of aliphatic carboxylic acids is 1. The van der Waals surface area contributed by atoms with Crippen molar-refractivity contribution in [2.24, 2.45) is 5.92 Å². The number of ether oxygens (including phenoxy) is 2. The summed E-state index contributed by atoms with van der Waals surface area (Å²) in [6, 6.07) is 30.2. The van der Waals surface area contributed by atoms with Gasteiger partial charge in [-0.2, -0.15) is 0 Å². The van der Waals surface area contributed by atoms with Crippen molar-refractivity contribution in [3.63, 3.8) is 0 Å². The molecule has 1 aliphatic heterocycles. The molecule has 1 aliphatic rings. The highest BCUT2D eigenvalue weighted by molar-refractivity contribution is 7.99. The third kappa shape index (κ3) is 8.87. The van der Waals surface area contributed by atoms with E-state index < -0.39 is 18.2 Å². The van der Waals surface area contributed by atoms with E-state index in [9.17, 15) is 24.6 Å². The molecular weight excluding hydrogens is 618 g/mol. The van der Waals surface area contributed by atoms with E-state index in [2.05, 4.69) is 12.2 Å². The molecule has 0 aromatic heterocycles. The van der Waals surface area contributed by atoms with Crippen molar-refractivity contribution in [2.75, 3.05) is 5.75 Å². The molecule has 9 nitrogen and oxygen atoms in total. The van der Waals surface area contributed by atoms with Crippen LogP contribution in [0.4, 0.5) is 0 Å². The molecule has 1 saturated heterocycles. The smallest absolute Gasteiger partial charge is 0.335 e. The normalized spacial score (nSPS) is 19.2. The second-order valence-electron chi connectivity index (χ2n) is 11.4. The number of hydrogen-bond donors (Lipinski definition) is 4. The first-order chi connectivity index (χ1) is 22.7. The fourth-order valence-corrected chi connectivity index (χ4v) is 6.53. The van der Waals surface area contributed by atoms with Crippen LogP contribution in [0.3, 0.4) is 0 Å². The van der Waals surface area contributed by atoms with E-state index in [0.29, 0.717) is 5.75 Å². The van der Waals surface area contributed by atoms with Gasteiger partial charge in [0.15, 0.2) is 6.29 Å². The number of carbonyl (C=O) groups is 3. The molecule has 1 fully saturated rings. The number of aliphatic hydroxyl groups excluding tert-OH is 1. The lowest BCUT2D eigenvalue weighted by atomic mass is 9.91. The molecule has 10 heteroatoms. The van der Waals surface area contributed by atoms with Gasteiger partial charge in [-0.3, -0.25) is 9.59 Å². The lowest BCUT2D eigenvalue weighted by Crippen LogP contribution is -2.38. The number of amides is 1. The van der Waals surface area contributed by atoms with Crippen LogP contribution in [0.1, 0.15) is 64.8 Å². The second kappa shape index (κ2) is 15.9. The Hall–Kier alpha value is -4.48. The molecule has 4 aromatic rings. The number of carboxylic acid groups (broad SMARTS) is 2. The standard InChI is InChI=1S/C37H37NO8S/c1-23-32(22-47-30-16-14-27(15-17-30)36(43)44)45-37(46-35(23)26-8-6-24(21-39)7-9-26)28-12-10-25(11-13-28)31-5-3-2-4-29(31)20-38-33(40)18-19-34(41)42/h2-17,23,32,35,37,39H,18-22H2,1H3,(H,38,40)(H,41,42)(H,43,44). The minimum Gasteiger partial charge on any atom is -0.481 e. The van der Waals surface area contributed by atoms with Gasteiger partial charge >= 0.3 is 11.9 Å². The van der Waals surface area contributed by atoms with E-state index in [1.807, 2.05) is 72.8 Å². The summed E-state index contributed by atoms with van der Waals surface area (Å²) in [7, 11) is 0. The van der Waals surface area contributed by atoms with Gasteiger partial charge in [-0.05, 0) is 52.1 Å². The molecule has 244 valence electrons. The highest BCUT2D eigenvalue weighted by atomic mass is 32.2. The van der Waals surface area contributed by atoms with E-state index in [4.69, 9.17) is 14.6 Å². The largest absolute Gasteiger partial charge is 0.481 e. The number of carboxylic acids is 2. The lowest BCUT2D eigenvalue weighted by molar-refractivity contribution is -0.268. The van der Waals surface area contributed by atoms with Crippen molar-refractivity contribution in [3.05, 3.63) is 125 Å². The summed E-state index contributed by atoms with van der Waals surface area (Å²) < 4.78 is 13.2. The number of aliphatic hydroxyl groups is 1. The Labute approximate surface area is 277 Å². The molecule has 1 heterocycles. The lowest BCUT2D eigenvalue weighted by Gasteiger charge is -2.41. The van der Waals surface area contributed by atoms with E-state index >= 15 is 0 Å². The van der Waals surface area contributed by atoms with Crippen LogP contribution in [0.2, 0.25) is 0 Å². The molecule has 4 N–H and O–H groups in total. The Morgan fingerprint density at radius 3 is 2.15 bits per heavy atom. The number of rotatable bonds is 13. The van der Waals surface area contributed by atoms with Crippen molar-refractivity contribution >= 4 is 29.6 Å². The van der Waals surface area contributed by atoms with Gasteiger partial charge in [0.05, 0.1) is 30.8 Å². The molecule has 0 spiro atoms. The first-order valence-corrected chi connectivity index (χ1v) is 16.3. The number of thioether (sulfide) groups is 1. The summed E-state index contributed by atoms with van der Waals surface area (Å²) in [5, 5.41) is 30.4. The van der Waals surface area contributed by atoms with E-state index in [-0.39, 0.29) is 55.6 Å².